The van der Waals surface area contributed by atoms with E-state index in [0.29, 0.717) is 13.2 Å². The highest BCUT2D eigenvalue weighted by atomic mass is 16.5. The van der Waals surface area contributed by atoms with Crippen LogP contribution in [-0.4, -0.2) is 17.1 Å². The first-order valence-electron chi connectivity index (χ1n) is 6.66. The number of aromatic nitrogens is 1. The molecule has 1 aromatic heterocycles. The predicted molar refractivity (Wildman–Crippen MR) is 79.1 cm³/mol. The number of ether oxygens (including phenoxy) is 1. The minimum Gasteiger partial charge on any atom is -0.491 e. The Hall–Kier alpha value is -1.53. The Kier molecular flexibility index (Phi) is 5.85. The second-order valence-electron chi connectivity index (χ2n) is 5.53. The Morgan fingerprint density at radius 1 is 1.32 bits per heavy atom. The van der Waals surface area contributed by atoms with E-state index in [1.165, 1.54) is 0 Å². The molecule has 0 atom stereocenters. The van der Waals surface area contributed by atoms with Gasteiger partial charge in [-0.05, 0) is 46.8 Å². The molecule has 0 radical (unpaired) electrons. The molecule has 0 spiro atoms. The van der Waals surface area contributed by atoms with E-state index in [1.807, 2.05) is 26.0 Å². The zero-order chi connectivity index (χ0) is 14.3. The first-order chi connectivity index (χ1) is 8.92. The molecule has 0 unspecified atom stereocenters. The fraction of sp³-hybridized carbons (Fsp3) is 0.562. The maximum Gasteiger partial charge on any atom is 0.142 e. The van der Waals surface area contributed by atoms with E-state index >= 15 is 0 Å². The molecular weight excluding hydrogens is 236 g/mol. The van der Waals surface area contributed by atoms with Crippen molar-refractivity contribution in [2.24, 2.45) is 0 Å². The number of nitrogens with one attached hydrogen (secondary N) is 1. The minimum absolute atomic E-state index is 0.0659. The molecule has 1 N–H and O–H groups in total. The van der Waals surface area contributed by atoms with Crippen LogP contribution in [0.5, 0.6) is 5.75 Å². The average molecular weight is 260 g/mol. The van der Waals surface area contributed by atoms with Crippen LogP contribution in [0.25, 0.3) is 0 Å². The van der Waals surface area contributed by atoms with E-state index in [0.717, 1.165) is 23.6 Å². The van der Waals surface area contributed by atoms with E-state index < -0.39 is 0 Å². The van der Waals surface area contributed by atoms with Gasteiger partial charge in [0.25, 0.3) is 0 Å². The van der Waals surface area contributed by atoms with Crippen molar-refractivity contribution < 1.29 is 4.74 Å². The smallest absolute Gasteiger partial charge is 0.142 e. The van der Waals surface area contributed by atoms with Crippen molar-refractivity contribution in [3.63, 3.8) is 0 Å². The predicted octanol–water partition coefficient (Wildman–Crippen LogP) is 3.07. The van der Waals surface area contributed by atoms with E-state index in [-0.39, 0.29) is 5.54 Å². The molecule has 0 bridgehead atoms. The highest BCUT2D eigenvalue weighted by molar-refractivity contribution is 5.29. The van der Waals surface area contributed by atoms with Crippen molar-refractivity contribution in [2.45, 2.75) is 53.1 Å². The number of hydrogen-bond donors (Lipinski definition) is 1. The average Bonchev–Trinajstić information content (AvgIpc) is 2.33. The van der Waals surface area contributed by atoms with Gasteiger partial charge in [-0.25, -0.2) is 0 Å². The maximum atomic E-state index is 5.75. The first-order valence-corrected chi connectivity index (χ1v) is 6.66. The summed E-state index contributed by atoms with van der Waals surface area (Å²) in [5.74, 6) is 6.71. The Morgan fingerprint density at radius 2 is 2.05 bits per heavy atom. The van der Waals surface area contributed by atoms with Gasteiger partial charge in [0.2, 0.25) is 0 Å². The molecule has 1 aromatic rings. The minimum atomic E-state index is 0.0659. The molecule has 19 heavy (non-hydrogen) atoms. The molecular formula is C16H24N2O. The van der Waals surface area contributed by atoms with Crippen LogP contribution in [0.15, 0.2) is 12.1 Å². The molecule has 0 fully saturated rings. The molecule has 0 amide bonds. The summed E-state index contributed by atoms with van der Waals surface area (Å²) in [6, 6.07) is 3.96. The monoisotopic (exact) mass is 260 g/mol. The molecule has 3 heteroatoms. The highest BCUT2D eigenvalue weighted by Crippen LogP contribution is 2.18. The van der Waals surface area contributed by atoms with Gasteiger partial charge in [0.1, 0.15) is 5.75 Å². The number of nitrogens with zero attached hydrogens (tertiary/aromatic N) is 1. The van der Waals surface area contributed by atoms with Crippen LogP contribution in [0.2, 0.25) is 0 Å². The van der Waals surface area contributed by atoms with Gasteiger partial charge in [0.15, 0.2) is 0 Å². The summed E-state index contributed by atoms with van der Waals surface area (Å²) >= 11 is 0. The molecule has 3 nitrogen and oxygen atoms in total. The molecule has 0 aliphatic heterocycles. The zero-order valence-electron chi connectivity index (χ0n) is 12.6. The van der Waals surface area contributed by atoms with E-state index in [4.69, 9.17) is 4.74 Å². The van der Waals surface area contributed by atoms with Gasteiger partial charge < -0.3 is 10.1 Å². The molecule has 0 saturated heterocycles. The molecule has 0 aliphatic rings. The summed E-state index contributed by atoms with van der Waals surface area (Å²) in [5.41, 5.74) is 2.03. The Bertz CT molecular complexity index is 464. The van der Waals surface area contributed by atoms with Crippen LogP contribution >= 0.6 is 0 Å². The standard InChI is InChI=1S/C16H24N2O/c1-6-7-8-11-19-15-10-9-13(2)18-14(15)12-17-16(3,4)5/h9-10,17H,8,11-12H2,1-5H3. The highest BCUT2D eigenvalue weighted by Gasteiger charge is 2.12. The normalized spacial score (nSPS) is 10.8. The zero-order valence-corrected chi connectivity index (χ0v) is 12.6. The van der Waals surface area contributed by atoms with Crippen molar-refractivity contribution in [1.29, 1.82) is 0 Å². The second-order valence-corrected chi connectivity index (χ2v) is 5.53. The second kappa shape index (κ2) is 7.16. The summed E-state index contributed by atoms with van der Waals surface area (Å²) in [5, 5.41) is 3.44. The fourth-order valence-corrected chi connectivity index (χ4v) is 1.54. The maximum absolute atomic E-state index is 5.75. The summed E-state index contributed by atoms with van der Waals surface area (Å²) in [7, 11) is 0. The number of aryl methyl sites for hydroxylation is 1. The molecule has 1 heterocycles. The summed E-state index contributed by atoms with van der Waals surface area (Å²) in [6.45, 7) is 11.6. The lowest BCUT2D eigenvalue weighted by molar-refractivity contribution is 0.317. The summed E-state index contributed by atoms with van der Waals surface area (Å²) in [6.07, 6.45) is 0.747. The van der Waals surface area contributed by atoms with Crippen LogP contribution < -0.4 is 10.1 Å². The quantitative estimate of drug-likeness (QED) is 0.652. The lowest BCUT2D eigenvalue weighted by Gasteiger charge is -2.21. The third kappa shape index (κ3) is 6.26. The lowest BCUT2D eigenvalue weighted by Crippen LogP contribution is -2.35. The molecule has 1 rings (SSSR count). The Labute approximate surface area is 116 Å². The molecule has 104 valence electrons. The fourth-order valence-electron chi connectivity index (χ4n) is 1.54. The molecule has 0 aromatic carbocycles. The number of hydrogen-bond acceptors (Lipinski definition) is 3. The summed E-state index contributed by atoms with van der Waals surface area (Å²) < 4.78 is 5.75. The van der Waals surface area contributed by atoms with Crippen molar-refractivity contribution in [3.8, 4) is 17.6 Å². The van der Waals surface area contributed by atoms with Gasteiger partial charge in [-0.2, -0.15) is 0 Å². The van der Waals surface area contributed by atoms with Gasteiger partial charge in [0.05, 0.1) is 12.3 Å². The van der Waals surface area contributed by atoms with E-state index in [9.17, 15) is 0 Å². The third-order valence-electron chi connectivity index (χ3n) is 2.52. The summed E-state index contributed by atoms with van der Waals surface area (Å²) in [4.78, 5) is 4.55. The largest absolute Gasteiger partial charge is 0.491 e. The Morgan fingerprint density at radius 3 is 2.68 bits per heavy atom. The van der Waals surface area contributed by atoms with Gasteiger partial charge in [0, 0.05) is 24.2 Å². The van der Waals surface area contributed by atoms with Crippen LogP contribution in [-0.2, 0) is 6.54 Å². The number of rotatable bonds is 5. The van der Waals surface area contributed by atoms with Crippen LogP contribution in [0.3, 0.4) is 0 Å². The van der Waals surface area contributed by atoms with Crippen molar-refractivity contribution in [3.05, 3.63) is 23.5 Å². The van der Waals surface area contributed by atoms with Gasteiger partial charge >= 0.3 is 0 Å². The van der Waals surface area contributed by atoms with E-state index in [2.05, 4.69) is 42.9 Å². The van der Waals surface area contributed by atoms with Crippen molar-refractivity contribution in [1.82, 2.24) is 10.3 Å². The third-order valence-corrected chi connectivity index (χ3v) is 2.52. The first kappa shape index (κ1) is 15.5. The number of pyridine rings is 1. The SMILES string of the molecule is CC#CCCOc1ccc(C)nc1CNC(C)(C)C. The van der Waals surface area contributed by atoms with Crippen molar-refractivity contribution in [2.75, 3.05) is 6.61 Å². The van der Waals surface area contributed by atoms with Gasteiger partial charge in [-0.15, -0.1) is 11.8 Å². The van der Waals surface area contributed by atoms with Gasteiger partial charge in [-0.3, -0.25) is 4.98 Å². The Balaban J connectivity index is 2.70. The van der Waals surface area contributed by atoms with Gasteiger partial charge in [-0.1, -0.05) is 0 Å². The van der Waals surface area contributed by atoms with Crippen molar-refractivity contribution >= 4 is 0 Å². The van der Waals surface area contributed by atoms with Crippen LogP contribution in [0.1, 0.15) is 45.5 Å². The van der Waals surface area contributed by atoms with Crippen LogP contribution in [0.4, 0.5) is 0 Å². The molecule has 0 aliphatic carbocycles. The van der Waals surface area contributed by atoms with E-state index in [1.54, 1.807) is 0 Å². The topological polar surface area (TPSA) is 34.1 Å². The lowest BCUT2D eigenvalue weighted by atomic mass is 10.1. The van der Waals surface area contributed by atoms with Crippen LogP contribution in [0, 0.1) is 18.8 Å². The molecule has 0 saturated carbocycles.